The van der Waals surface area contributed by atoms with Crippen LogP contribution in [0.25, 0.3) is 10.9 Å². The molecule has 0 saturated carbocycles. The second kappa shape index (κ2) is 8.34. The molecule has 2 aromatic rings. The Bertz CT molecular complexity index is 807. The predicted molar refractivity (Wildman–Crippen MR) is 105 cm³/mol. The zero-order valence-electron chi connectivity index (χ0n) is 16.0. The van der Waals surface area contributed by atoms with E-state index in [-0.39, 0.29) is 0 Å². The summed E-state index contributed by atoms with van der Waals surface area (Å²) in [4.78, 5) is 0. The molecule has 0 aliphatic carbocycles. The Morgan fingerprint density at radius 2 is 1.92 bits per heavy atom. The fourth-order valence-electron chi connectivity index (χ4n) is 3.05. The highest BCUT2D eigenvalue weighted by Gasteiger charge is 2.14. The van der Waals surface area contributed by atoms with E-state index < -0.39 is 10.2 Å². The van der Waals surface area contributed by atoms with Crippen LogP contribution in [0.1, 0.15) is 38.3 Å². The lowest BCUT2D eigenvalue weighted by molar-refractivity contribution is 0.506. The van der Waals surface area contributed by atoms with Crippen LogP contribution in [0.5, 0.6) is 0 Å². The Kier molecular flexibility index (Phi) is 6.65. The first-order chi connectivity index (χ1) is 11.7. The molecule has 6 heteroatoms. The van der Waals surface area contributed by atoms with Gasteiger partial charge >= 0.3 is 0 Å². The van der Waals surface area contributed by atoms with Crippen molar-refractivity contribution in [3.63, 3.8) is 0 Å². The lowest BCUT2D eigenvalue weighted by Crippen LogP contribution is -2.36. The van der Waals surface area contributed by atoms with Crippen LogP contribution in [0.2, 0.25) is 0 Å². The van der Waals surface area contributed by atoms with E-state index in [9.17, 15) is 8.42 Å². The van der Waals surface area contributed by atoms with Gasteiger partial charge in [-0.15, -0.1) is 0 Å². The fourth-order valence-corrected chi connectivity index (χ4v) is 3.66. The number of fused-ring (bicyclic) bond motifs is 1. The Labute approximate surface area is 152 Å². The van der Waals surface area contributed by atoms with Gasteiger partial charge in [0.2, 0.25) is 0 Å². The molecule has 1 heterocycles. The van der Waals surface area contributed by atoms with Crippen LogP contribution in [-0.4, -0.2) is 37.9 Å². The van der Waals surface area contributed by atoms with Crippen LogP contribution in [0.3, 0.4) is 0 Å². The summed E-state index contributed by atoms with van der Waals surface area (Å²) in [5.74, 6) is 0.561. The van der Waals surface area contributed by atoms with Crippen molar-refractivity contribution in [2.24, 2.45) is 5.92 Å². The van der Waals surface area contributed by atoms with Crippen molar-refractivity contribution >= 4 is 21.1 Å². The highest BCUT2D eigenvalue weighted by Crippen LogP contribution is 2.25. The second-order valence-electron chi connectivity index (χ2n) is 7.23. The average Bonchev–Trinajstić information content (AvgIpc) is 2.84. The fraction of sp³-hybridized carbons (Fsp3) is 0.579. The molecule has 0 amide bonds. The van der Waals surface area contributed by atoms with Gasteiger partial charge in [-0.25, -0.2) is 4.72 Å². The molecule has 0 saturated heterocycles. The van der Waals surface area contributed by atoms with Gasteiger partial charge < -0.3 is 4.57 Å². The molecule has 0 radical (unpaired) electrons. The molecule has 1 aromatic carbocycles. The highest BCUT2D eigenvalue weighted by molar-refractivity contribution is 7.87. The maximum atomic E-state index is 11.9. The molecule has 1 aromatic heterocycles. The Morgan fingerprint density at radius 1 is 1.20 bits per heavy atom. The van der Waals surface area contributed by atoms with Crippen molar-refractivity contribution < 1.29 is 8.42 Å². The zero-order valence-corrected chi connectivity index (χ0v) is 16.9. The third kappa shape index (κ3) is 5.06. The summed E-state index contributed by atoms with van der Waals surface area (Å²) < 4.78 is 29.9. The number of rotatable bonds is 9. The van der Waals surface area contributed by atoms with Crippen molar-refractivity contribution in [3.8, 4) is 0 Å². The summed E-state index contributed by atoms with van der Waals surface area (Å²) in [6, 6.07) is 6.67. The largest absolute Gasteiger partial charge is 0.347 e. The Balaban J connectivity index is 2.27. The molecule has 0 atom stereocenters. The topological polar surface area (TPSA) is 54.3 Å². The number of aromatic nitrogens is 1. The van der Waals surface area contributed by atoms with Gasteiger partial charge in [0, 0.05) is 44.3 Å². The van der Waals surface area contributed by atoms with Gasteiger partial charge in [-0.1, -0.05) is 39.3 Å². The maximum absolute atomic E-state index is 11.9. The highest BCUT2D eigenvalue weighted by atomic mass is 32.2. The van der Waals surface area contributed by atoms with E-state index in [2.05, 4.69) is 54.5 Å². The van der Waals surface area contributed by atoms with E-state index >= 15 is 0 Å². The number of hydrogen-bond donors (Lipinski definition) is 1. The number of benzene rings is 1. The van der Waals surface area contributed by atoms with Gasteiger partial charge in [0.25, 0.3) is 10.2 Å². The van der Waals surface area contributed by atoms with Crippen LogP contribution < -0.4 is 4.72 Å². The van der Waals surface area contributed by atoms with Crippen LogP contribution in [0.15, 0.2) is 24.4 Å². The second-order valence-corrected chi connectivity index (χ2v) is 9.20. The molecule has 0 unspecified atom stereocenters. The number of nitrogens with zero attached hydrogens (tertiary/aromatic N) is 2. The van der Waals surface area contributed by atoms with Gasteiger partial charge in [0.1, 0.15) is 0 Å². The SMILES string of the molecule is CCCc1ccc2c(CCNS(=O)(=O)N(C)C)cn(CC(C)C)c2c1. The molecule has 25 heavy (non-hydrogen) atoms. The summed E-state index contributed by atoms with van der Waals surface area (Å²) in [5.41, 5.74) is 3.81. The average molecular weight is 366 g/mol. The normalized spacial score (nSPS) is 12.6. The number of aryl methyl sites for hydroxylation is 1. The van der Waals surface area contributed by atoms with Gasteiger partial charge in [-0.3, -0.25) is 0 Å². The molecule has 140 valence electrons. The van der Waals surface area contributed by atoms with Crippen molar-refractivity contribution in [2.75, 3.05) is 20.6 Å². The first-order valence-electron chi connectivity index (χ1n) is 9.02. The van der Waals surface area contributed by atoms with Crippen LogP contribution in [0.4, 0.5) is 0 Å². The van der Waals surface area contributed by atoms with Crippen molar-refractivity contribution in [1.29, 1.82) is 0 Å². The minimum Gasteiger partial charge on any atom is -0.347 e. The van der Waals surface area contributed by atoms with E-state index in [1.165, 1.54) is 40.4 Å². The van der Waals surface area contributed by atoms with Gasteiger partial charge in [-0.05, 0) is 36.0 Å². The van der Waals surface area contributed by atoms with Crippen molar-refractivity contribution in [3.05, 3.63) is 35.5 Å². The molecule has 1 N–H and O–H groups in total. The molecular formula is C19H31N3O2S. The zero-order chi connectivity index (χ0) is 18.6. The van der Waals surface area contributed by atoms with Gasteiger partial charge in [0.15, 0.2) is 0 Å². The minimum absolute atomic E-state index is 0.401. The summed E-state index contributed by atoms with van der Waals surface area (Å²) in [7, 11) is -0.304. The van der Waals surface area contributed by atoms with E-state index in [1.54, 1.807) is 0 Å². The van der Waals surface area contributed by atoms with E-state index in [0.29, 0.717) is 18.9 Å². The third-order valence-electron chi connectivity index (χ3n) is 4.29. The van der Waals surface area contributed by atoms with Crippen LogP contribution >= 0.6 is 0 Å². The molecule has 0 bridgehead atoms. The molecule has 0 spiro atoms. The lowest BCUT2D eigenvalue weighted by Gasteiger charge is -2.11. The monoisotopic (exact) mass is 365 g/mol. The van der Waals surface area contributed by atoms with Crippen LogP contribution in [-0.2, 0) is 29.6 Å². The molecule has 0 fully saturated rings. The summed E-state index contributed by atoms with van der Waals surface area (Å²) in [6.07, 6.45) is 5.09. The van der Waals surface area contributed by atoms with Crippen molar-refractivity contribution in [2.45, 2.75) is 46.6 Å². The summed E-state index contributed by atoms with van der Waals surface area (Å²) in [6.45, 7) is 7.99. The molecule has 5 nitrogen and oxygen atoms in total. The first-order valence-corrected chi connectivity index (χ1v) is 10.5. The van der Waals surface area contributed by atoms with E-state index in [0.717, 1.165) is 19.4 Å². The third-order valence-corrected chi connectivity index (χ3v) is 5.82. The number of hydrogen-bond acceptors (Lipinski definition) is 2. The molecule has 0 aliphatic rings. The Morgan fingerprint density at radius 3 is 2.52 bits per heavy atom. The number of nitrogens with one attached hydrogen (secondary N) is 1. The first kappa shape index (κ1) is 19.9. The molecule has 0 aliphatic heterocycles. The standard InChI is InChI=1S/C19H31N3O2S/c1-6-7-16-8-9-18-17(10-11-20-25(23,24)21(4)5)14-22(13-15(2)3)19(18)12-16/h8-9,12,14-15,20H,6-7,10-11,13H2,1-5H3. The molecular weight excluding hydrogens is 334 g/mol. The van der Waals surface area contributed by atoms with Gasteiger partial charge in [-0.2, -0.15) is 12.7 Å². The smallest absolute Gasteiger partial charge is 0.278 e. The summed E-state index contributed by atoms with van der Waals surface area (Å²) >= 11 is 0. The lowest BCUT2D eigenvalue weighted by atomic mass is 10.1. The summed E-state index contributed by atoms with van der Waals surface area (Å²) in [5, 5.41) is 1.23. The minimum atomic E-state index is -3.37. The van der Waals surface area contributed by atoms with E-state index in [1.807, 2.05) is 0 Å². The molecule has 2 rings (SSSR count). The van der Waals surface area contributed by atoms with E-state index in [4.69, 9.17) is 0 Å². The quantitative estimate of drug-likeness (QED) is 0.742. The van der Waals surface area contributed by atoms with Gasteiger partial charge in [0.05, 0.1) is 0 Å². The van der Waals surface area contributed by atoms with Crippen LogP contribution in [0, 0.1) is 5.92 Å². The Hall–Kier alpha value is -1.37. The maximum Gasteiger partial charge on any atom is 0.278 e. The van der Waals surface area contributed by atoms with Crippen molar-refractivity contribution in [1.82, 2.24) is 13.6 Å². The predicted octanol–water partition coefficient (Wildman–Crippen LogP) is 3.19.